The maximum absolute atomic E-state index is 5.89. The molecule has 3 heterocycles. The number of hydrogen-bond donors (Lipinski definition) is 1. The van der Waals surface area contributed by atoms with Gasteiger partial charge in [0.25, 0.3) is 0 Å². The number of nitrogens with zero attached hydrogens (tertiary/aromatic N) is 3. The maximum atomic E-state index is 5.89. The molecule has 0 amide bonds. The fourth-order valence-electron chi connectivity index (χ4n) is 2.01. The first-order valence-electron chi connectivity index (χ1n) is 5.62. The molecule has 0 saturated carbocycles. The van der Waals surface area contributed by atoms with Crippen molar-refractivity contribution >= 4 is 23.2 Å². The minimum absolute atomic E-state index is 0.199. The van der Waals surface area contributed by atoms with Gasteiger partial charge in [-0.25, -0.2) is 4.52 Å². The van der Waals surface area contributed by atoms with E-state index in [4.69, 9.17) is 16.3 Å². The summed E-state index contributed by atoms with van der Waals surface area (Å²) < 4.78 is 7.16. The van der Waals surface area contributed by atoms with Crippen molar-refractivity contribution < 1.29 is 4.74 Å². The van der Waals surface area contributed by atoms with E-state index < -0.39 is 0 Å². The molecule has 17 heavy (non-hydrogen) atoms. The van der Waals surface area contributed by atoms with Crippen molar-refractivity contribution in [3.05, 3.63) is 23.4 Å². The van der Waals surface area contributed by atoms with Crippen molar-refractivity contribution in [2.24, 2.45) is 0 Å². The summed E-state index contributed by atoms with van der Waals surface area (Å²) in [5.74, 6) is 0.620. The first-order valence-corrected chi connectivity index (χ1v) is 6.00. The van der Waals surface area contributed by atoms with E-state index >= 15 is 0 Å². The number of ether oxygens (including phenoxy) is 1. The predicted octanol–water partition coefficient (Wildman–Crippen LogP) is 1.97. The maximum Gasteiger partial charge on any atom is 0.243 e. The lowest BCUT2D eigenvalue weighted by molar-refractivity contribution is 0.121. The summed E-state index contributed by atoms with van der Waals surface area (Å²) in [5, 5.41) is 8.26. The van der Waals surface area contributed by atoms with Gasteiger partial charge in [-0.2, -0.15) is 4.98 Å². The number of fused-ring (bicyclic) bond motifs is 1. The van der Waals surface area contributed by atoms with Crippen LogP contribution >= 0.6 is 11.6 Å². The second-order valence-corrected chi connectivity index (χ2v) is 4.64. The highest BCUT2D eigenvalue weighted by atomic mass is 35.5. The fourth-order valence-corrected chi connectivity index (χ4v) is 2.16. The van der Waals surface area contributed by atoms with E-state index in [-0.39, 0.29) is 12.1 Å². The van der Waals surface area contributed by atoms with Crippen LogP contribution in [0.1, 0.15) is 13.3 Å². The quantitative estimate of drug-likeness (QED) is 0.888. The smallest absolute Gasteiger partial charge is 0.243 e. The van der Waals surface area contributed by atoms with Gasteiger partial charge in [0.2, 0.25) is 5.95 Å². The number of pyridine rings is 1. The molecule has 0 radical (unpaired) electrons. The lowest BCUT2D eigenvalue weighted by Gasteiger charge is -2.13. The third kappa shape index (κ3) is 2.08. The number of halogens is 1. The molecule has 0 bridgehead atoms. The molecule has 2 atom stereocenters. The molecule has 1 saturated heterocycles. The van der Waals surface area contributed by atoms with E-state index in [1.165, 1.54) is 0 Å². The Morgan fingerprint density at radius 1 is 1.53 bits per heavy atom. The fraction of sp³-hybridized carbons (Fsp3) is 0.455. The van der Waals surface area contributed by atoms with E-state index in [1.807, 2.05) is 6.07 Å². The van der Waals surface area contributed by atoms with Crippen molar-refractivity contribution in [3.8, 4) is 0 Å². The number of anilines is 1. The van der Waals surface area contributed by atoms with Crippen LogP contribution in [0.15, 0.2) is 18.3 Å². The summed E-state index contributed by atoms with van der Waals surface area (Å²) in [4.78, 5) is 4.38. The minimum atomic E-state index is 0.199. The zero-order valence-electron chi connectivity index (χ0n) is 9.43. The van der Waals surface area contributed by atoms with Gasteiger partial charge in [-0.15, -0.1) is 5.10 Å². The standard InChI is InChI=1S/C11H13ClN4O/c1-7-9(4-5-17-7)13-11-14-10-3-2-8(12)6-16(10)15-11/h2-3,6-7,9H,4-5H2,1H3,(H,13,15). The average molecular weight is 253 g/mol. The summed E-state index contributed by atoms with van der Waals surface area (Å²) in [5.41, 5.74) is 0.781. The molecule has 2 unspecified atom stereocenters. The van der Waals surface area contributed by atoms with Gasteiger partial charge in [0.15, 0.2) is 5.65 Å². The molecule has 5 nitrogen and oxygen atoms in total. The van der Waals surface area contributed by atoms with Crippen LogP contribution < -0.4 is 5.32 Å². The number of nitrogens with one attached hydrogen (secondary N) is 1. The van der Waals surface area contributed by atoms with Crippen molar-refractivity contribution in [1.29, 1.82) is 0 Å². The van der Waals surface area contributed by atoms with E-state index in [1.54, 1.807) is 16.8 Å². The second-order valence-electron chi connectivity index (χ2n) is 4.20. The van der Waals surface area contributed by atoms with Gasteiger partial charge in [0.1, 0.15) is 0 Å². The third-order valence-corrected chi connectivity index (χ3v) is 3.21. The molecular weight excluding hydrogens is 240 g/mol. The van der Waals surface area contributed by atoms with Gasteiger partial charge in [-0.3, -0.25) is 0 Å². The highest BCUT2D eigenvalue weighted by Gasteiger charge is 2.25. The molecule has 1 N–H and O–H groups in total. The summed E-state index contributed by atoms with van der Waals surface area (Å²) in [6, 6.07) is 3.93. The van der Waals surface area contributed by atoms with Crippen molar-refractivity contribution in [1.82, 2.24) is 14.6 Å². The average Bonchev–Trinajstić information content (AvgIpc) is 2.85. The van der Waals surface area contributed by atoms with Gasteiger partial charge >= 0.3 is 0 Å². The lowest BCUT2D eigenvalue weighted by Crippen LogP contribution is -2.27. The second kappa shape index (κ2) is 4.16. The number of hydrogen-bond acceptors (Lipinski definition) is 4. The van der Waals surface area contributed by atoms with Crippen molar-refractivity contribution in [3.63, 3.8) is 0 Å². The first-order chi connectivity index (χ1) is 8.22. The van der Waals surface area contributed by atoms with Gasteiger partial charge in [0.05, 0.1) is 17.2 Å². The highest BCUT2D eigenvalue weighted by molar-refractivity contribution is 6.30. The van der Waals surface area contributed by atoms with Crippen LogP contribution in [0.5, 0.6) is 0 Å². The molecule has 90 valence electrons. The summed E-state index contributed by atoms with van der Waals surface area (Å²) in [6.45, 7) is 2.84. The Labute approximate surface area is 104 Å². The normalized spacial score (nSPS) is 24.4. The largest absolute Gasteiger partial charge is 0.376 e. The first kappa shape index (κ1) is 10.8. The van der Waals surface area contributed by atoms with Crippen molar-refractivity contribution in [2.45, 2.75) is 25.5 Å². The Balaban J connectivity index is 1.85. The molecule has 1 aliphatic rings. The zero-order valence-corrected chi connectivity index (χ0v) is 10.2. The molecule has 0 aliphatic carbocycles. The number of rotatable bonds is 2. The molecule has 0 aromatic carbocycles. The molecular formula is C11H13ClN4O. The van der Waals surface area contributed by atoms with Crippen LogP contribution in [0.4, 0.5) is 5.95 Å². The predicted molar refractivity (Wildman–Crippen MR) is 65.4 cm³/mol. The van der Waals surface area contributed by atoms with Crippen LogP contribution in [0, 0.1) is 0 Å². The minimum Gasteiger partial charge on any atom is -0.376 e. The van der Waals surface area contributed by atoms with Crippen LogP contribution in [-0.2, 0) is 4.74 Å². The molecule has 0 spiro atoms. The van der Waals surface area contributed by atoms with Crippen LogP contribution in [-0.4, -0.2) is 33.4 Å². The van der Waals surface area contributed by atoms with Crippen LogP contribution in [0.25, 0.3) is 5.65 Å². The Morgan fingerprint density at radius 3 is 3.18 bits per heavy atom. The van der Waals surface area contributed by atoms with E-state index in [9.17, 15) is 0 Å². The van der Waals surface area contributed by atoms with Gasteiger partial charge in [-0.05, 0) is 25.5 Å². The van der Waals surface area contributed by atoms with Gasteiger partial charge < -0.3 is 10.1 Å². The van der Waals surface area contributed by atoms with Gasteiger partial charge in [0, 0.05) is 12.8 Å². The summed E-state index contributed by atoms with van der Waals surface area (Å²) in [6.07, 6.45) is 2.92. The number of aromatic nitrogens is 3. The summed E-state index contributed by atoms with van der Waals surface area (Å²) >= 11 is 5.89. The Morgan fingerprint density at radius 2 is 2.41 bits per heavy atom. The van der Waals surface area contributed by atoms with E-state index in [0.717, 1.165) is 18.7 Å². The molecule has 6 heteroatoms. The Hall–Kier alpha value is -1.33. The SMILES string of the molecule is CC1OCCC1Nc1nc2ccc(Cl)cn2n1. The van der Waals surface area contributed by atoms with Crippen molar-refractivity contribution in [2.75, 3.05) is 11.9 Å². The highest BCUT2D eigenvalue weighted by Crippen LogP contribution is 2.18. The lowest BCUT2D eigenvalue weighted by atomic mass is 10.2. The van der Waals surface area contributed by atoms with E-state index in [0.29, 0.717) is 11.0 Å². The van der Waals surface area contributed by atoms with Gasteiger partial charge in [-0.1, -0.05) is 11.6 Å². The third-order valence-electron chi connectivity index (χ3n) is 2.99. The van der Waals surface area contributed by atoms with Crippen LogP contribution in [0.2, 0.25) is 5.02 Å². The molecule has 1 aliphatic heterocycles. The molecule has 1 fully saturated rings. The Kier molecular flexibility index (Phi) is 2.64. The zero-order chi connectivity index (χ0) is 11.8. The summed E-state index contributed by atoms with van der Waals surface area (Å²) in [7, 11) is 0. The monoisotopic (exact) mass is 252 g/mol. The van der Waals surface area contributed by atoms with Crippen LogP contribution in [0.3, 0.4) is 0 Å². The molecule has 3 rings (SSSR count). The topological polar surface area (TPSA) is 51.5 Å². The Bertz CT molecular complexity index is 541. The van der Waals surface area contributed by atoms with E-state index in [2.05, 4.69) is 22.3 Å². The molecule has 2 aromatic heterocycles. The molecule has 2 aromatic rings.